The standard InChI is InChI=1S/C11H16ClN3O2/c1-7-2-3-15(9(7)5-17)11-8(4-16)10(12)13-6-14-11/h6-7,9,16-17H,2-5H2,1H3. The van der Waals surface area contributed by atoms with Gasteiger partial charge in [0.05, 0.1) is 24.8 Å². The molecule has 94 valence electrons. The van der Waals surface area contributed by atoms with Gasteiger partial charge in [-0.25, -0.2) is 9.97 Å². The molecule has 5 nitrogen and oxygen atoms in total. The van der Waals surface area contributed by atoms with Crippen molar-refractivity contribution in [3.8, 4) is 0 Å². The summed E-state index contributed by atoms with van der Waals surface area (Å²) in [5.74, 6) is 1.04. The van der Waals surface area contributed by atoms with Crippen LogP contribution in [0.3, 0.4) is 0 Å². The molecule has 0 amide bonds. The quantitative estimate of drug-likeness (QED) is 0.785. The first-order valence-electron chi connectivity index (χ1n) is 5.66. The first-order valence-corrected chi connectivity index (χ1v) is 6.04. The number of halogens is 1. The number of rotatable bonds is 3. The molecule has 1 aromatic heterocycles. The van der Waals surface area contributed by atoms with Crippen LogP contribution in [0, 0.1) is 5.92 Å². The third-order valence-corrected chi connectivity index (χ3v) is 3.70. The monoisotopic (exact) mass is 257 g/mol. The van der Waals surface area contributed by atoms with E-state index in [4.69, 9.17) is 11.6 Å². The van der Waals surface area contributed by atoms with Crippen LogP contribution in [0.5, 0.6) is 0 Å². The summed E-state index contributed by atoms with van der Waals surface area (Å²) in [6, 6.07) is 0.0336. The summed E-state index contributed by atoms with van der Waals surface area (Å²) >= 11 is 5.93. The molecule has 17 heavy (non-hydrogen) atoms. The first kappa shape index (κ1) is 12.5. The van der Waals surface area contributed by atoms with Crippen LogP contribution in [0.1, 0.15) is 18.9 Å². The summed E-state index contributed by atoms with van der Waals surface area (Å²) in [6.45, 7) is 2.79. The van der Waals surface area contributed by atoms with Gasteiger partial charge in [-0.15, -0.1) is 0 Å². The van der Waals surface area contributed by atoms with Gasteiger partial charge in [-0.3, -0.25) is 0 Å². The molecule has 2 atom stereocenters. The van der Waals surface area contributed by atoms with Gasteiger partial charge < -0.3 is 15.1 Å². The summed E-state index contributed by atoms with van der Waals surface area (Å²) in [7, 11) is 0. The highest BCUT2D eigenvalue weighted by Gasteiger charge is 2.33. The van der Waals surface area contributed by atoms with E-state index in [2.05, 4.69) is 16.9 Å². The molecule has 0 bridgehead atoms. The van der Waals surface area contributed by atoms with Crippen LogP contribution in [0.15, 0.2) is 6.33 Å². The van der Waals surface area contributed by atoms with Crippen molar-refractivity contribution in [2.75, 3.05) is 18.1 Å². The van der Waals surface area contributed by atoms with Gasteiger partial charge >= 0.3 is 0 Å². The summed E-state index contributed by atoms with van der Waals surface area (Å²) in [5.41, 5.74) is 0.529. The van der Waals surface area contributed by atoms with Gasteiger partial charge in [-0.1, -0.05) is 18.5 Å². The van der Waals surface area contributed by atoms with Crippen molar-refractivity contribution in [1.82, 2.24) is 9.97 Å². The molecule has 0 aromatic carbocycles. The predicted molar refractivity (Wildman–Crippen MR) is 65.0 cm³/mol. The minimum Gasteiger partial charge on any atom is -0.394 e. The SMILES string of the molecule is CC1CCN(c2ncnc(Cl)c2CO)C1CO. The summed E-state index contributed by atoms with van der Waals surface area (Å²) in [5, 5.41) is 19.0. The molecule has 2 heterocycles. The molecule has 1 aliphatic rings. The minimum atomic E-state index is -0.196. The van der Waals surface area contributed by atoms with Gasteiger partial charge in [0.25, 0.3) is 0 Å². The zero-order chi connectivity index (χ0) is 12.4. The number of hydrogen-bond acceptors (Lipinski definition) is 5. The van der Waals surface area contributed by atoms with E-state index < -0.39 is 0 Å². The molecule has 0 saturated carbocycles. The Morgan fingerprint density at radius 2 is 2.24 bits per heavy atom. The van der Waals surface area contributed by atoms with Gasteiger partial charge in [0.15, 0.2) is 0 Å². The molecule has 2 unspecified atom stereocenters. The van der Waals surface area contributed by atoms with Gasteiger partial charge in [0.1, 0.15) is 17.3 Å². The maximum Gasteiger partial charge on any atom is 0.140 e. The molecular formula is C11H16ClN3O2. The van der Waals surface area contributed by atoms with Crippen LogP contribution >= 0.6 is 11.6 Å². The van der Waals surface area contributed by atoms with Crippen molar-refractivity contribution in [1.29, 1.82) is 0 Å². The maximum atomic E-state index is 9.42. The lowest BCUT2D eigenvalue weighted by atomic mass is 10.0. The van der Waals surface area contributed by atoms with Gasteiger partial charge in [-0.2, -0.15) is 0 Å². The molecule has 2 N–H and O–H groups in total. The van der Waals surface area contributed by atoms with E-state index in [9.17, 15) is 10.2 Å². The second-order valence-corrected chi connectivity index (χ2v) is 4.69. The van der Waals surface area contributed by atoms with Crippen LogP contribution in [0.25, 0.3) is 0 Å². The zero-order valence-corrected chi connectivity index (χ0v) is 10.4. The van der Waals surface area contributed by atoms with Crippen LogP contribution in [-0.2, 0) is 6.61 Å². The van der Waals surface area contributed by atoms with Crippen LogP contribution < -0.4 is 4.90 Å². The molecule has 0 radical (unpaired) electrons. The second-order valence-electron chi connectivity index (χ2n) is 4.33. The molecule has 0 aliphatic carbocycles. The Morgan fingerprint density at radius 3 is 2.88 bits per heavy atom. The van der Waals surface area contributed by atoms with Crippen molar-refractivity contribution in [2.45, 2.75) is 26.0 Å². The van der Waals surface area contributed by atoms with Gasteiger partial charge in [0.2, 0.25) is 0 Å². The van der Waals surface area contributed by atoms with E-state index in [-0.39, 0.29) is 24.4 Å². The highest BCUT2D eigenvalue weighted by Crippen LogP contribution is 2.32. The van der Waals surface area contributed by atoms with Crippen molar-refractivity contribution in [3.05, 3.63) is 17.0 Å². The third-order valence-electron chi connectivity index (χ3n) is 3.37. The van der Waals surface area contributed by atoms with Crippen molar-refractivity contribution in [3.63, 3.8) is 0 Å². The van der Waals surface area contributed by atoms with Crippen molar-refractivity contribution < 1.29 is 10.2 Å². The molecule has 6 heteroatoms. The van der Waals surface area contributed by atoms with Gasteiger partial charge in [0, 0.05) is 6.54 Å². The Labute approximate surface area is 105 Å². The predicted octanol–water partition coefficient (Wildman–Crippen LogP) is 0.829. The van der Waals surface area contributed by atoms with Crippen LogP contribution in [-0.4, -0.2) is 39.4 Å². The zero-order valence-electron chi connectivity index (χ0n) is 9.67. The lowest BCUT2D eigenvalue weighted by Crippen LogP contribution is -2.36. The van der Waals surface area contributed by atoms with E-state index in [0.29, 0.717) is 17.3 Å². The average molecular weight is 258 g/mol. The van der Waals surface area contributed by atoms with Gasteiger partial charge in [-0.05, 0) is 12.3 Å². The Morgan fingerprint density at radius 1 is 1.47 bits per heavy atom. The Hall–Kier alpha value is -0.910. The Kier molecular flexibility index (Phi) is 3.81. The fraction of sp³-hybridized carbons (Fsp3) is 0.636. The number of aromatic nitrogens is 2. The normalized spacial score (nSPS) is 24.4. The largest absolute Gasteiger partial charge is 0.394 e. The van der Waals surface area contributed by atoms with Crippen molar-refractivity contribution >= 4 is 17.4 Å². The van der Waals surface area contributed by atoms with E-state index in [0.717, 1.165) is 13.0 Å². The summed E-state index contributed by atoms with van der Waals surface area (Å²) in [4.78, 5) is 10.0. The minimum absolute atomic E-state index is 0.0336. The second kappa shape index (κ2) is 5.16. The molecular weight excluding hydrogens is 242 g/mol. The number of aliphatic hydroxyl groups excluding tert-OH is 2. The maximum absolute atomic E-state index is 9.42. The number of hydrogen-bond donors (Lipinski definition) is 2. The lowest BCUT2D eigenvalue weighted by Gasteiger charge is -2.27. The highest BCUT2D eigenvalue weighted by atomic mass is 35.5. The summed E-state index contributed by atoms with van der Waals surface area (Å²) in [6.07, 6.45) is 2.38. The fourth-order valence-electron chi connectivity index (χ4n) is 2.32. The molecule has 0 spiro atoms. The van der Waals surface area contributed by atoms with E-state index in [1.807, 2.05) is 4.90 Å². The lowest BCUT2D eigenvalue weighted by molar-refractivity contribution is 0.243. The highest BCUT2D eigenvalue weighted by molar-refractivity contribution is 6.30. The van der Waals surface area contributed by atoms with Crippen LogP contribution in [0.4, 0.5) is 5.82 Å². The molecule has 1 saturated heterocycles. The number of aliphatic hydroxyl groups is 2. The average Bonchev–Trinajstić information content (AvgIpc) is 2.69. The molecule has 2 rings (SSSR count). The first-order chi connectivity index (χ1) is 8.19. The van der Waals surface area contributed by atoms with E-state index in [1.54, 1.807) is 0 Å². The van der Waals surface area contributed by atoms with Crippen molar-refractivity contribution in [2.24, 2.45) is 5.92 Å². The molecule has 1 aliphatic heterocycles. The fourth-order valence-corrected chi connectivity index (χ4v) is 2.50. The Bertz CT molecular complexity index is 402. The van der Waals surface area contributed by atoms with E-state index in [1.165, 1.54) is 6.33 Å². The number of nitrogens with zero attached hydrogens (tertiary/aromatic N) is 3. The Balaban J connectivity index is 2.37. The topological polar surface area (TPSA) is 69.5 Å². The van der Waals surface area contributed by atoms with E-state index >= 15 is 0 Å². The van der Waals surface area contributed by atoms with Crippen LogP contribution in [0.2, 0.25) is 5.15 Å². The summed E-state index contributed by atoms with van der Waals surface area (Å²) < 4.78 is 0. The molecule has 1 fully saturated rings. The molecule has 1 aromatic rings. The smallest absolute Gasteiger partial charge is 0.140 e. The third kappa shape index (κ3) is 2.22. The number of anilines is 1.